The van der Waals surface area contributed by atoms with Crippen LogP contribution in [0.4, 0.5) is 5.69 Å². The van der Waals surface area contributed by atoms with Gasteiger partial charge in [0.2, 0.25) is 10.0 Å². The monoisotopic (exact) mass is 400 g/mol. The van der Waals surface area contributed by atoms with Crippen molar-refractivity contribution in [3.8, 4) is 5.75 Å². The fourth-order valence-corrected chi connectivity index (χ4v) is 3.68. The first-order valence-corrected chi connectivity index (χ1v) is 10.1. The van der Waals surface area contributed by atoms with E-state index in [2.05, 4.69) is 4.72 Å². The molecule has 11 heteroatoms. The second kappa shape index (κ2) is 7.32. The summed E-state index contributed by atoms with van der Waals surface area (Å²) in [4.78, 5) is 10.3. The van der Waals surface area contributed by atoms with Crippen LogP contribution in [0.5, 0.6) is 5.75 Å². The van der Waals surface area contributed by atoms with Gasteiger partial charge in [0.1, 0.15) is 5.75 Å². The van der Waals surface area contributed by atoms with Crippen molar-refractivity contribution in [2.75, 3.05) is 11.3 Å². The van der Waals surface area contributed by atoms with Crippen molar-refractivity contribution in [2.45, 2.75) is 16.7 Å². The molecule has 0 saturated heterocycles. The molecule has 2 aromatic rings. The van der Waals surface area contributed by atoms with Crippen LogP contribution in [0.1, 0.15) is 5.56 Å². The van der Waals surface area contributed by atoms with Crippen molar-refractivity contribution in [1.82, 2.24) is 0 Å². The van der Waals surface area contributed by atoms with Crippen LogP contribution < -0.4 is 14.6 Å². The summed E-state index contributed by atoms with van der Waals surface area (Å²) in [6.07, 6.45) is 0. The molecule has 26 heavy (non-hydrogen) atoms. The van der Waals surface area contributed by atoms with E-state index in [0.29, 0.717) is 5.56 Å². The number of rotatable bonds is 7. The molecule has 2 aromatic carbocycles. The first kappa shape index (κ1) is 19.7. The maximum atomic E-state index is 12.4. The van der Waals surface area contributed by atoms with E-state index in [9.17, 15) is 21.6 Å². The molecule has 0 aliphatic rings. The predicted octanol–water partition coefficient (Wildman–Crippen LogP) is 0.907. The molecule has 2 rings (SSSR count). The minimum atomic E-state index is -3.93. The molecule has 0 unspecified atom stereocenters. The highest BCUT2D eigenvalue weighted by Gasteiger charge is 2.17. The Morgan fingerprint density at radius 1 is 1.08 bits per heavy atom. The third-order valence-corrected chi connectivity index (χ3v) is 5.55. The van der Waals surface area contributed by atoms with Crippen LogP contribution in [0.3, 0.4) is 0 Å². The molecule has 0 bridgehead atoms. The Morgan fingerprint density at radius 3 is 2.15 bits per heavy atom. The number of ether oxygens (including phenoxy) is 1. The lowest BCUT2D eigenvalue weighted by molar-refractivity contribution is -0.139. The maximum absolute atomic E-state index is 12.4. The molecule has 0 amide bonds. The van der Waals surface area contributed by atoms with Crippen LogP contribution in [-0.4, -0.2) is 34.5 Å². The molecule has 0 aromatic heterocycles. The topological polar surface area (TPSA) is 153 Å². The van der Waals surface area contributed by atoms with Crippen molar-refractivity contribution >= 4 is 31.7 Å². The highest BCUT2D eigenvalue weighted by molar-refractivity contribution is 7.92. The number of carboxylic acid groups (broad SMARTS) is 1. The first-order chi connectivity index (χ1) is 12.0. The summed E-state index contributed by atoms with van der Waals surface area (Å²) in [5, 5.41) is 13.6. The Bertz CT molecular complexity index is 1030. The average molecular weight is 400 g/mol. The van der Waals surface area contributed by atoms with Gasteiger partial charge in [-0.15, -0.1) is 0 Å². The molecule has 140 valence electrons. The maximum Gasteiger partial charge on any atom is 0.341 e. The minimum absolute atomic E-state index is 0.0619. The highest BCUT2D eigenvalue weighted by Crippen LogP contribution is 2.24. The van der Waals surface area contributed by atoms with Crippen LogP contribution in [0, 0.1) is 6.92 Å². The summed E-state index contributed by atoms with van der Waals surface area (Å²) in [7, 11) is -7.81. The number of anilines is 1. The predicted molar refractivity (Wildman–Crippen MR) is 92.9 cm³/mol. The SMILES string of the molecule is Cc1cc(S(=O)(=O)Nc2ccc(S(N)(=O)=O)cc2)ccc1OCC(=O)O. The van der Waals surface area contributed by atoms with Gasteiger partial charge in [-0.3, -0.25) is 4.72 Å². The van der Waals surface area contributed by atoms with Gasteiger partial charge in [-0.25, -0.2) is 26.8 Å². The molecule has 0 saturated carbocycles. The number of aryl methyl sites for hydroxylation is 1. The van der Waals surface area contributed by atoms with E-state index in [4.69, 9.17) is 15.0 Å². The van der Waals surface area contributed by atoms with E-state index in [0.717, 1.165) is 0 Å². The normalized spacial score (nSPS) is 11.8. The van der Waals surface area contributed by atoms with Gasteiger partial charge in [-0.1, -0.05) is 0 Å². The Balaban J connectivity index is 2.22. The Hall–Kier alpha value is -2.63. The third-order valence-electron chi connectivity index (χ3n) is 3.24. The molecule has 0 aliphatic carbocycles. The summed E-state index contributed by atoms with van der Waals surface area (Å²) >= 11 is 0. The fourth-order valence-electron chi connectivity index (χ4n) is 2.02. The molecule has 0 atom stereocenters. The van der Waals surface area contributed by atoms with Gasteiger partial charge in [-0.05, 0) is 55.0 Å². The minimum Gasteiger partial charge on any atom is -0.482 e. The Morgan fingerprint density at radius 2 is 1.65 bits per heavy atom. The molecule has 0 radical (unpaired) electrons. The second-order valence-electron chi connectivity index (χ2n) is 5.28. The van der Waals surface area contributed by atoms with Crippen LogP contribution >= 0.6 is 0 Å². The van der Waals surface area contributed by atoms with Gasteiger partial charge in [0.05, 0.1) is 9.79 Å². The van der Waals surface area contributed by atoms with Gasteiger partial charge in [0.15, 0.2) is 6.61 Å². The van der Waals surface area contributed by atoms with Crippen molar-refractivity contribution in [2.24, 2.45) is 5.14 Å². The van der Waals surface area contributed by atoms with Crippen LogP contribution in [0.2, 0.25) is 0 Å². The number of aliphatic carboxylic acids is 1. The van der Waals surface area contributed by atoms with Gasteiger partial charge >= 0.3 is 5.97 Å². The van der Waals surface area contributed by atoms with E-state index in [1.807, 2.05) is 0 Å². The lowest BCUT2D eigenvalue weighted by Gasteiger charge is -2.11. The van der Waals surface area contributed by atoms with Gasteiger partial charge < -0.3 is 9.84 Å². The number of sulfonamides is 2. The van der Waals surface area contributed by atoms with Crippen molar-refractivity contribution in [3.05, 3.63) is 48.0 Å². The third kappa shape index (κ3) is 4.94. The molecule has 0 aliphatic heterocycles. The zero-order valence-electron chi connectivity index (χ0n) is 13.5. The van der Waals surface area contributed by atoms with Crippen LogP contribution in [0.15, 0.2) is 52.3 Å². The second-order valence-corrected chi connectivity index (χ2v) is 8.53. The summed E-state index contributed by atoms with van der Waals surface area (Å²) < 4.78 is 54.6. The average Bonchev–Trinajstić information content (AvgIpc) is 2.52. The van der Waals surface area contributed by atoms with E-state index >= 15 is 0 Å². The summed E-state index contributed by atoms with van der Waals surface area (Å²) in [6, 6.07) is 8.87. The highest BCUT2D eigenvalue weighted by atomic mass is 32.2. The van der Waals surface area contributed by atoms with Gasteiger partial charge in [0, 0.05) is 5.69 Å². The molecule has 0 fully saturated rings. The van der Waals surface area contributed by atoms with Crippen molar-refractivity contribution < 1.29 is 31.5 Å². The van der Waals surface area contributed by atoms with Gasteiger partial charge in [0.25, 0.3) is 10.0 Å². The number of carbonyl (C=O) groups is 1. The van der Waals surface area contributed by atoms with Crippen LogP contribution in [0.25, 0.3) is 0 Å². The van der Waals surface area contributed by atoms with Gasteiger partial charge in [-0.2, -0.15) is 0 Å². The molecule has 9 nitrogen and oxygen atoms in total. The lowest BCUT2D eigenvalue weighted by Crippen LogP contribution is -2.15. The molecule has 4 N–H and O–H groups in total. The quantitative estimate of drug-likeness (QED) is 0.624. The number of hydrogen-bond donors (Lipinski definition) is 3. The molecule has 0 heterocycles. The number of hydrogen-bond acceptors (Lipinski definition) is 6. The number of benzene rings is 2. The van der Waals surface area contributed by atoms with E-state index in [-0.39, 0.29) is 21.2 Å². The zero-order valence-corrected chi connectivity index (χ0v) is 15.2. The molecule has 0 spiro atoms. The number of nitrogens with one attached hydrogen (secondary N) is 1. The van der Waals surface area contributed by atoms with Crippen LogP contribution in [-0.2, 0) is 24.8 Å². The Labute approximate surface area is 150 Å². The van der Waals surface area contributed by atoms with E-state index < -0.39 is 32.6 Å². The number of primary sulfonamides is 1. The smallest absolute Gasteiger partial charge is 0.341 e. The standard InChI is InChI=1S/C15H16N2O7S2/c1-10-8-13(6-7-14(10)24-9-15(18)19)26(22,23)17-11-2-4-12(5-3-11)25(16,20)21/h2-8,17H,9H2,1H3,(H,18,19)(H2,16,20,21). The fraction of sp³-hybridized carbons (Fsp3) is 0.133. The summed E-state index contributed by atoms with van der Waals surface area (Å²) in [5.74, 6) is -0.894. The van der Waals surface area contributed by atoms with E-state index in [1.165, 1.54) is 42.5 Å². The molecular weight excluding hydrogens is 384 g/mol. The lowest BCUT2D eigenvalue weighted by atomic mass is 10.2. The number of carboxylic acids is 1. The molecular formula is C15H16N2O7S2. The van der Waals surface area contributed by atoms with Crippen molar-refractivity contribution in [1.29, 1.82) is 0 Å². The largest absolute Gasteiger partial charge is 0.482 e. The zero-order chi connectivity index (χ0) is 19.5. The van der Waals surface area contributed by atoms with E-state index in [1.54, 1.807) is 6.92 Å². The first-order valence-electron chi connectivity index (χ1n) is 7.10. The Kier molecular flexibility index (Phi) is 5.54. The number of nitrogens with two attached hydrogens (primary N) is 1. The summed E-state index contributed by atoms with van der Waals surface area (Å²) in [5.41, 5.74) is 0.597. The van der Waals surface area contributed by atoms with Crippen molar-refractivity contribution in [3.63, 3.8) is 0 Å². The summed E-state index contributed by atoms with van der Waals surface area (Å²) in [6.45, 7) is 1.04.